The first-order valence-corrected chi connectivity index (χ1v) is 7.69. The van der Waals surface area contributed by atoms with Gasteiger partial charge in [-0.15, -0.1) is 0 Å². The zero-order valence-electron chi connectivity index (χ0n) is 12.2. The van der Waals surface area contributed by atoms with E-state index in [0.29, 0.717) is 6.04 Å². The molecule has 0 radical (unpaired) electrons. The molecule has 3 heteroatoms. The number of hydrogen-bond donors (Lipinski definition) is 1. The minimum absolute atomic E-state index is 0.512. The molecule has 1 aliphatic rings. The van der Waals surface area contributed by atoms with Crippen LogP contribution in [-0.4, -0.2) is 20.1 Å². The normalized spacial score (nSPS) is 18.1. The maximum absolute atomic E-state index is 6.13. The quantitative estimate of drug-likeness (QED) is 0.853. The van der Waals surface area contributed by atoms with Crippen molar-refractivity contribution in [2.24, 2.45) is 5.92 Å². The summed E-state index contributed by atoms with van der Waals surface area (Å²) in [6.45, 7) is 2.30. The summed E-state index contributed by atoms with van der Waals surface area (Å²) in [6, 6.07) is 6.58. The molecule has 1 aliphatic carbocycles. The number of halogens is 1. The van der Waals surface area contributed by atoms with Gasteiger partial charge in [-0.1, -0.05) is 30.9 Å². The minimum Gasteiger partial charge on any atom is -0.381 e. The highest BCUT2D eigenvalue weighted by molar-refractivity contribution is 6.31. The van der Waals surface area contributed by atoms with Gasteiger partial charge in [0.25, 0.3) is 0 Å². The molecule has 106 valence electrons. The number of anilines is 2. The van der Waals surface area contributed by atoms with E-state index in [-0.39, 0.29) is 0 Å². The largest absolute Gasteiger partial charge is 0.381 e. The predicted octanol–water partition coefficient (Wildman–Crippen LogP) is 4.79. The van der Waals surface area contributed by atoms with Gasteiger partial charge in [0, 0.05) is 25.2 Å². The summed E-state index contributed by atoms with van der Waals surface area (Å²) < 4.78 is 0. The Morgan fingerprint density at radius 3 is 2.53 bits per heavy atom. The van der Waals surface area contributed by atoms with Crippen molar-refractivity contribution in [2.45, 2.75) is 45.1 Å². The second-order valence-electron chi connectivity index (χ2n) is 5.89. The zero-order chi connectivity index (χ0) is 13.8. The molecule has 2 nitrogen and oxygen atoms in total. The highest BCUT2D eigenvalue weighted by atomic mass is 35.5. The van der Waals surface area contributed by atoms with Crippen LogP contribution in [0.4, 0.5) is 11.4 Å². The maximum atomic E-state index is 6.13. The van der Waals surface area contributed by atoms with Crippen molar-refractivity contribution < 1.29 is 0 Å². The van der Waals surface area contributed by atoms with E-state index >= 15 is 0 Å². The van der Waals surface area contributed by atoms with Crippen LogP contribution in [0.25, 0.3) is 0 Å². The van der Waals surface area contributed by atoms with Crippen LogP contribution in [0.15, 0.2) is 18.2 Å². The molecule has 0 aliphatic heterocycles. The maximum Gasteiger partial charge on any atom is 0.0597 e. The van der Waals surface area contributed by atoms with E-state index in [1.54, 1.807) is 0 Å². The fourth-order valence-electron chi connectivity index (χ4n) is 3.01. The van der Waals surface area contributed by atoms with E-state index in [9.17, 15) is 0 Å². The third-order valence-corrected chi connectivity index (χ3v) is 4.42. The highest BCUT2D eigenvalue weighted by Crippen LogP contribution is 2.32. The second-order valence-corrected chi connectivity index (χ2v) is 6.32. The van der Waals surface area contributed by atoms with Gasteiger partial charge in [-0.3, -0.25) is 0 Å². The summed E-state index contributed by atoms with van der Waals surface area (Å²) in [5.41, 5.74) is 2.35. The first-order chi connectivity index (χ1) is 9.08. The smallest absolute Gasteiger partial charge is 0.0597 e. The number of nitrogens with zero attached hydrogens (tertiary/aromatic N) is 1. The molecular formula is C16H25ClN2. The van der Waals surface area contributed by atoms with Crippen LogP contribution in [0.1, 0.15) is 39.0 Å². The van der Waals surface area contributed by atoms with E-state index in [2.05, 4.69) is 37.3 Å². The molecule has 1 unspecified atom stereocenters. The summed E-state index contributed by atoms with van der Waals surface area (Å²) in [6.07, 6.45) is 6.88. The molecule has 0 spiro atoms. The molecule has 0 bridgehead atoms. The molecule has 2 rings (SSSR count). The van der Waals surface area contributed by atoms with Crippen LogP contribution in [0.5, 0.6) is 0 Å². The Bertz CT molecular complexity index is 411. The third kappa shape index (κ3) is 3.79. The highest BCUT2D eigenvalue weighted by Gasteiger charge is 2.20. The topological polar surface area (TPSA) is 15.3 Å². The van der Waals surface area contributed by atoms with Gasteiger partial charge in [-0.2, -0.15) is 0 Å². The first kappa shape index (κ1) is 14.5. The molecule has 0 amide bonds. The summed E-state index contributed by atoms with van der Waals surface area (Å²) in [4.78, 5) is 2.13. The lowest BCUT2D eigenvalue weighted by molar-refractivity contribution is 0.328. The lowest BCUT2D eigenvalue weighted by Crippen LogP contribution is -2.28. The monoisotopic (exact) mass is 280 g/mol. The van der Waals surface area contributed by atoms with Crippen molar-refractivity contribution in [3.63, 3.8) is 0 Å². The van der Waals surface area contributed by atoms with Crippen molar-refractivity contribution in [3.8, 4) is 0 Å². The molecule has 1 aromatic rings. The molecule has 0 aromatic heterocycles. The third-order valence-electron chi connectivity index (χ3n) is 4.18. The standard InChI is InChI=1S/C16H25ClN2/c1-12(13-7-5-4-6-8-13)18-15-11-14(17)9-10-16(15)19(2)3/h9-13,18H,4-8H2,1-3H3. The number of benzene rings is 1. The molecule has 1 fully saturated rings. The van der Waals surface area contributed by atoms with Gasteiger partial charge < -0.3 is 10.2 Å². The Hall–Kier alpha value is -0.890. The Labute approximate surface area is 122 Å². The Morgan fingerprint density at radius 1 is 1.21 bits per heavy atom. The van der Waals surface area contributed by atoms with E-state index in [0.717, 1.165) is 16.6 Å². The molecular weight excluding hydrogens is 256 g/mol. The Morgan fingerprint density at radius 2 is 1.89 bits per heavy atom. The zero-order valence-corrected chi connectivity index (χ0v) is 13.0. The fourth-order valence-corrected chi connectivity index (χ4v) is 3.18. The summed E-state index contributed by atoms with van der Waals surface area (Å²) in [7, 11) is 4.14. The van der Waals surface area contributed by atoms with E-state index in [4.69, 9.17) is 11.6 Å². The Balaban J connectivity index is 2.10. The average molecular weight is 281 g/mol. The van der Waals surface area contributed by atoms with Crippen molar-refractivity contribution in [2.75, 3.05) is 24.3 Å². The van der Waals surface area contributed by atoms with Crippen molar-refractivity contribution in [3.05, 3.63) is 23.2 Å². The molecule has 19 heavy (non-hydrogen) atoms. The molecule has 0 heterocycles. The van der Waals surface area contributed by atoms with Gasteiger partial charge in [0.15, 0.2) is 0 Å². The van der Waals surface area contributed by atoms with Gasteiger partial charge >= 0.3 is 0 Å². The molecule has 1 atom stereocenters. The van der Waals surface area contributed by atoms with E-state index < -0.39 is 0 Å². The lowest BCUT2D eigenvalue weighted by Gasteiger charge is -2.30. The van der Waals surface area contributed by atoms with Crippen LogP contribution in [-0.2, 0) is 0 Å². The van der Waals surface area contributed by atoms with E-state index in [1.807, 2.05) is 12.1 Å². The van der Waals surface area contributed by atoms with Crippen LogP contribution >= 0.6 is 11.6 Å². The van der Waals surface area contributed by atoms with Crippen LogP contribution < -0.4 is 10.2 Å². The van der Waals surface area contributed by atoms with Gasteiger partial charge in [0.1, 0.15) is 0 Å². The second kappa shape index (κ2) is 6.51. The average Bonchev–Trinajstić information content (AvgIpc) is 2.39. The summed E-state index contributed by atoms with van der Waals surface area (Å²) in [5.74, 6) is 0.794. The molecule has 1 saturated carbocycles. The van der Waals surface area contributed by atoms with Crippen LogP contribution in [0.3, 0.4) is 0 Å². The number of rotatable bonds is 4. The minimum atomic E-state index is 0.512. The van der Waals surface area contributed by atoms with Gasteiger partial charge in [-0.05, 0) is 43.9 Å². The van der Waals surface area contributed by atoms with Crippen LogP contribution in [0.2, 0.25) is 5.02 Å². The lowest BCUT2D eigenvalue weighted by atomic mass is 9.84. The first-order valence-electron chi connectivity index (χ1n) is 7.31. The molecule has 0 saturated heterocycles. The number of nitrogens with one attached hydrogen (secondary N) is 1. The SMILES string of the molecule is CC(Nc1cc(Cl)ccc1N(C)C)C1CCCCC1. The molecule has 1 aromatic carbocycles. The van der Waals surface area contributed by atoms with Gasteiger partial charge in [0.05, 0.1) is 11.4 Å². The van der Waals surface area contributed by atoms with Gasteiger partial charge in [-0.25, -0.2) is 0 Å². The van der Waals surface area contributed by atoms with Crippen LogP contribution in [0, 0.1) is 5.92 Å². The predicted molar refractivity (Wildman–Crippen MR) is 85.4 cm³/mol. The number of hydrogen-bond acceptors (Lipinski definition) is 2. The summed E-state index contributed by atoms with van der Waals surface area (Å²) >= 11 is 6.13. The Kier molecular flexibility index (Phi) is 4.98. The summed E-state index contributed by atoms with van der Waals surface area (Å²) in [5, 5.41) is 4.47. The van der Waals surface area contributed by atoms with Crippen molar-refractivity contribution in [1.82, 2.24) is 0 Å². The molecule has 1 N–H and O–H groups in total. The van der Waals surface area contributed by atoms with Crippen molar-refractivity contribution >= 4 is 23.0 Å². The van der Waals surface area contributed by atoms with Gasteiger partial charge in [0.2, 0.25) is 0 Å². The van der Waals surface area contributed by atoms with E-state index in [1.165, 1.54) is 37.8 Å². The fraction of sp³-hybridized carbons (Fsp3) is 0.625. The van der Waals surface area contributed by atoms with Crippen molar-refractivity contribution in [1.29, 1.82) is 0 Å².